The van der Waals surface area contributed by atoms with E-state index in [0.717, 1.165) is 15.8 Å². The molecule has 2 aromatic rings. The van der Waals surface area contributed by atoms with Crippen LogP contribution in [0.5, 0.6) is 0 Å². The first-order valence-electron chi connectivity index (χ1n) is 6.83. The predicted octanol–water partition coefficient (Wildman–Crippen LogP) is 6.62. The first kappa shape index (κ1) is 15.8. The third-order valence-corrected chi connectivity index (χ3v) is 5.03. The van der Waals surface area contributed by atoms with Crippen molar-refractivity contribution in [2.75, 3.05) is 5.75 Å². The second-order valence-electron chi connectivity index (χ2n) is 4.71. The molecule has 0 heterocycles. The highest BCUT2D eigenvalue weighted by molar-refractivity contribution is 7.99. The lowest BCUT2D eigenvalue weighted by atomic mass is 10.0. The molecule has 3 heteroatoms. The van der Waals surface area contributed by atoms with Crippen LogP contribution >= 0.6 is 35.0 Å². The summed E-state index contributed by atoms with van der Waals surface area (Å²) in [7, 11) is 0. The summed E-state index contributed by atoms with van der Waals surface area (Å²) in [6.45, 7) is 2.22. The van der Waals surface area contributed by atoms with Crippen molar-refractivity contribution in [2.24, 2.45) is 0 Å². The van der Waals surface area contributed by atoms with Gasteiger partial charge in [0.1, 0.15) is 0 Å². The van der Waals surface area contributed by atoms with Crippen LogP contribution in [0.15, 0.2) is 48.5 Å². The van der Waals surface area contributed by atoms with E-state index in [1.54, 1.807) is 0 Å². The first-order valence-corrected chi connectivity index (χ1v) is 8.63. The maximum absolute atomic E-state index is 5.99. The Morgan fingerprint density at radius 2 is 1.30 bits per heavy atom. The van der Waals surface area contributed by atoms with Crippen molar-refractivity contribution in [1.29, 1.82) is 0 Å². The Morgan fingerprint density at radius 1 is 0.850 bits per heavy atom. The molecule has 0 nitrogen and oxygen atoms in total. The zero-order chi connectivity index (χ0) is 14.4. The van der Waals surface area contributed by atoms with Crippen LogP contribution in [-0.4, -0.2) is 5.75 Å². The second kappa shape index (κ2) is 7.97. The molecule has 0 aliphatic carbocycles. The minimum Gasteiger partial charge on any atom is -0.149 e. The second-order valence-corrected chi connectivity index (χ2v) is 6.79. The molecule has 2 rings (SSSR count). The Kier molecular flexibility index (Phi) is 6.28. The molecule has 0 aliphatic heterocycles. The van der Waals surface area contributed by atoms with Gasteiger partial charge in [0.15, 0.2) is 0 Å². The fourth-order valence-corrected chi connectivity index (χ4v) is 3.65. The molecule has 0 spiro atoms. The number of thioether (sulfide) groups is 1. The van der Waals surface area contributed by atoms with Gasteiger partial charge in [0.2, 0.25) is 0 Å². The molecule has 0 amide bonds. The van der Waals surface area contributed by atoms with E-state index in [4.69, 9.17) is 23.2 Å². The van der Waals surface area contributed by atoms with E-state index in [2.05, 4.69) is 31.2 Å². The smallest absolute Gasteiger partial charge is 0.0546 e. The lowest BCUT2D eigenvalue weighted by Crippen LogP contribution is -1.98. The van der Waals surface area contributed by atoms with Crippen molar-refractivity contribution in [2.45, 2.75) is 25.0 Å². The van der Waals surface area contributed by atoms with Gasteiger partial charge in [-0.3, -0.25) is 0 Å². The molecule has 0 saturated heterocycles. The fourth-order valence-electron chi connectivity index (χ4n) is 2.01. The summed E-state index contributed by atoms with van der Waals surface area (Å²) in [5.41, 5.74) is 2.58. The molecule has 2 aromatic carbocycles. The number of benzene rings is 2. The van der Waals surface area contributed by atoms with Crippen molar-refractivity contribution >= 4 is 35.0 Å². The summed E-state index contributed by atoms with van der Waals surface area (Å²) in [6.07, 6.45) is 2.46. The molecule has 0 aliphatic rings. The molecular formula is C17H18Cl2S. The van der Waals surface area contributed by atoms with Gasteiger partial charge < -0.3 is 0 Å². The molecule has 20 heavy (non-hydrogen) atoms. The first-order chi connectivity index (χ1) is 9.70. The van der Waals surface area contributed by atoms with Crippen molar-refractivity contribution < 1.29 is 0 Å². The summed E-state index contributed by atoms with van der Waals surface area (Å²) < 4.78 is 0. The van der Waals surface area contributed by atoms with Gasteiger partial charge >= 0.3 is 0 Å². The Balaban J connectivity index is 2.23. The lowest BCUT2D eigenvalue weighted by molar-refractivity contribution is 0.894. The average molecular weight is 325 g/mol. The van der Waals surface area contributed by atoms with Gasteiger partial charge in [-0.1, -0.05) is 60.8 Å². The zero-order valence-electron chi connectivity index (χ0n) is 11.5. The molecule has 0 saturated carbocycles. The van der Waals surface area contributed by atoms with Crippen LogP contribution in [0.25, 0.3) is 0 Å². The van der Waals surface area contributed by atoms with Crippen LogP contribution in [0.1, 0.15) is 36.1 Å². The van der Waals surface area contributed by atoms with Gasteiger partial charge in [0, 0.05) is 10.0 Å². The predicted molar refractivity (Wildman–Crippen MR) is 92.1 cm³/mol. The Hall–Kier alpha value is -0.630. The third-order valence-electron chi connectivity index (χ3n) is 3.13. The number of unbranched alkanes of at least 4 members (excludes halogenated alkanes) is 1. The summed E-state index contributed by atoms with van der Waals surface area (Å²) in [5, 5.41) is 1.90. The van der Waals surface area contributed by atoms with E-state index in [9.17, 15) is 0 Å². The Bertz CT molecular complexity index is 474. The molecule has 0 aromatic heterocycles. The molecule has 0 unspecified atom stereocenters. The van der Waals surface area contributed by atoms with E-state index in [1.807, 2.05) is 36.0 Å². The van der Waals surface area contributed by atoms with E-state index in [-0.39, 0.29) is 0 Å². The number of hydrogen-bond acceptors (Lipinski definition) is 1. The molecule has 0 atom stereocenters. The van der Waals surface area contributed by atoms with Crippen molar-refractivity contribution in [3.63, 3.8) is 0 Å². The third kappa shape index (κ3) is 4.44. The van der Waals surface area contributed by atoms with Crippen LogP contribution in [0.4, 0.5) is 0 Å². The standard InChI is InChI=1S/C17H18Cl2S/c1-2-3-12-20-17(13-4-8-15(18)9-5-13)14-6-10-16(19)11-7-14/h4-11,17H,2-3,12H2,1H3. The quantitative estimate of drug-likeness (QED) is 0.538. The molecule has 0 fully saturated rings. The van der Waals surface area contributed by atoms with Gasteiger partial charge in [0.05, 0.1) is 5.25 Å². The van der Waals surface area contributed by atoms with E-state index in [0.29, 0.717) is 5.25 Å². The number of rotatable bonds is 6. The average Bonchev–Trinajstić information content (AvgIpc) is 2.46. The molecule has 106 valence electrons. The van der Waals surface area contributed by atoms with E-state index in [1.165, 1.54) is 24.0 Å². The SMILES string of the molecule is CCCCSC(c1ccc(Cl)cc1)c1ccc(Cl)cc1. The van der Waals surface area contributed by atoms with Crippen LogP contribution in [-0.2, 0) is 0 Å². The van der Waals surface area contributed by atoms with Crippen molar-refractivity contribution in [3.05, 3.63) is 69.7 Å². The summed E-state index contributed by atoms with van der Waals surface area (Å²) >= 11 is 13.9. The minimum absolute atomic E-state index is 0.344. The van der Waals surface area contributed by atoms with E-state index >= 15 is 0 Å². The Morgan fingerprint density at radius 3 is 1.70 bits per heavy atom. The molecule has 0 N–H and O–H groups in total. The fraction of sp³-hybridized carbons (Fsp3) is 0.294. The van der Waals surface area contributed by atoms with Crippen molar-refractivity contribution in [3.8, 4) is 0 Å². The van der Waals surface area contributed by atoms with Crippen LogP contribution in [0, 0.1) is 0 Å². The highest BCUT2D eigenvalue weighted by Crippen LogP contribution is 2.37. The summed E-state index contributed by atoms with van der Waals surface area (Å²) in [6, 6.07) is 16.3. The zero-order valence-corrected chi connectivity index (χ0v) is 13.8. The van der Waals surface area contributed by atoms with Gasteiger partial charge in [-0.2, -0.15) is 0 Å². The minimum atomic E-state index is 0.344. The van der Waals surface area contributed by atoms with Gasteiger partial charge in [-0.05, 0) is 47.6 Å². The largest absolute Gasteiger partial charge is 0.149 e. The monoisotopic (exact) mass is 324 g/mol. The van der Waals surface area contributed by atoms with Gasteiger partial charge in [-0.15, -0.1) is 11.8 Å². The van der Waals surface area contributed by atoms with E-state index < -0.39 is 0 Å². The van der Waals surface area contributed by atoms with Gasteiger partial charge in [0.25, 0.3) is 0 Å². The maximum Gasteiger partial charge on any atom is 0.0546 e. The number of halogens is 2. The van der Waals surface area contributed by atoms with Gasteiger partial charge in [-0.25, -0.2) is 0 Å². The summed E-state index contributed by atoms with van der Waals surface area (Å²) in [5.74, 6) is 1.16. The van der Waals surface area contributed by atoms with Crippen molar-refractivity contribution in [1.82, 2.24) is 0 Å². The number of hydrogen-bond donors (Lipinski definition) is 0. The molecule has 0 radical (unpaired) electrons. The van der Waals surface area contributed by atoms with Crippen LogP contribution in [0.2, 0.25) is 10.0 Å². The molecular weight excluding hydrogens is 307 g/mol. The maximum atomic E-state index is 5.99. The van der Waals surface area contributed by atoms with Crippen LogP contribution < -0.4 is 0 Å². The Labute approximate surface area is 135 Å². The summed E-state index contributed by atoms with van der Waals surface area (Å²) in [4.78, 5) is 0. The lowest BCUT2D eigenvalue weighted by Gasteiger charge is -2.18. The normalized spacial score (nSPS) is 11.0. The molecule has 0 bridgehead atoms. The highest BCUT2D eigenvalue weighted by Gasteiger charge is 2.14. The highest BCUT2D eigenvalue weighted by atomic mass is 35.5. The topological polar surface area (TPSA) is 0 Å². The van der Waals surface area contributed by atoms with Crippen LogP contribution in [0.3, 0.4) is 0 Å².